The summed E-state index contributed by atoms with van der Waals surface area (Å²) in [4.78, 5) is 35.4. The number of ether oxygens (including phenoxy) is 3. The second-order valence-electron chi connectivity index (χ2n) is 17.0. The first-order chi connectivity index (χ1) is 27.8. The number of quaternary nitrogens is 1. The van der Waals surface area contributed by atoms with Gasteiger partial charge in [0.25, 0.3) is 0 Å². The van der Waals surface area contributed by atoms with Crippen LogP contribution in [0.2, 0.25) is 0 Å². The van der Waals surface area contributed by atoms with Crippen molar-refractivity contribution in [2.45, 2.75) is 199 Å². The Labute approximate surface area is 353 Å². The van der Waals surface area contributed by atoms with Gasteiger partial charge in [-0.25, -0.2) is 4.57 Å². The fourth-order valence-electron chi connectivity index (χ4n) is 6.31. The molecule has 0 radical (unpaired) electrons. The first-order valence-corrected chi connectivity index (χ1v) is 24.4. The van der Waals surface area contributed by atoms with Gasteiger partial charge in [-0.15, -0.1) is 0 Å². The molecule has 1 heterocycles. The lowest BCUT2D eigenvalue weighted by atomic mass is 10.0. The quantitative estimate of drug-likeness (QED) is 0.0153. The van der Waals surface area contributed by atoms with Gasteiger partial charge in [-0.2, -0.15) is 0 Å². The number of unbranched alkanes of at least 4 members (excludes halogenated alkanes) is 18. The summed E-state index contributed by atoms with van der Waals surface area (Å²) < 4.78 is 39.9. The molecule has 338 valence electrons. The molecule has 5 unspecified atom stereocenters. The number of hydrogen-bond donors (Lipinski definition) is 2. The minimum atomic E-state index is -4.42. The average Bonchev–Trinajstić information content (AvgIpc) is 3.93. The standard InChI is InChI=1S/C46H84NO10P/c1-6-8-10-12-14-15-16-17-18-19-20-21-22-24-29-33-45(49)53-39-42(40-55-58(51,52)54-38-37-47(3,4)5)56-46(50)34-30-26-25-27-31-41(48)35-36-44-43(57-44)32-28-23-13-11-9-7-2/h23,25,27-28,35-36,41-44,48H,6-22,24,26,29-34,37-40H2,1-5H3/p+1/b27-25+,28-23+,36-35-. The molecule has 5 atom stereocenters. The number of hydrogen-bond acceptors (Lipinski definition) is 9. The summed E-state index contributed by atoms with van der Waals surface area (Å²) in [6.45, 7) is 4.21. The molecule has 0 aliphatic carbocycles. The van der Waals surface area contributed by atoms with E-state index in [1.807, 2.05) is 39.4 Å². The molecule has 1 fully saturated rings. The lowest BCUT2D eigenvalue weighted by molar-refractivity contribution is -0.870. The van der Waals surface area contributed by atoms with E-state index in [1.165, 1.54) is 96.3 Å². The number of phosphoric acid groups is 1. The second kappa shape index (κ2) is 34.8. The van der Waals surface area contributed by atoms with Crippen LogP contribution < -0.4 is 0 Å². The predicted molar refractivity (Wildman–Crippen MR) is 234 cm³/mol. The van der Waals surface area contributed by atoms with Crippen molar-refractivity contribution >= 4 is 19.8 Å². The van der Waals surface area contributed by atoms with Crippen molar-refractivity contribution < 1.29 is 51.9 Å². The van der Waals surface area contributed by atoms with Gasteiger partial charge in [0.15, 0.2) is 6.10 Å². The third-order valence-corrected chi connectivity index (χ3v) is 11.1. The zero-order chi connectivity index (χ0) is 42.7. The fourth-order valence-corrected chi connectivity index (χ4v) is 7.06. The van der Waals surface area contributed by atoms with E-state index in [1.54, 1.807) is 6.08 Å². The molecule has 58 heavy (non-hydrogen) atoms. The molecule has 0 amide bonds. The van der Waals surface area contributed by atoms with E-state index in [9.17, 15) is 24.2 Å². The third kappa shape index (κ3) is 35.0. The van der Waals surface area contributed by atoms with E-state index in [0.29, 0.717) is 30.3 Å². The van der Waals surface area contributed by atoms with Crippen LogP contribution in [-0.2, 0) is 37.4 Å². The van der Waals surface area contributed by atoms with Gasteiger partial charge in [0, 0.05) is 12.8 Å². The monoisotopic (exact) mass is 843 g/mol. The van der Waals surface area contributed by atoms with Gasteiger partial charge >= 0.3 is 19.8 Å². The Balaban J connectivity index is 2.35. The molecule has 12 heteroatoms. The number of allylic oxidation sites excluding steroid dienone is 2. The highest BCUT2D eigenvalue weighted by Gasteiger charge is 2.35. The molecule has 1 aliphatic heterocycles. The van der Waals surface area contributed by atoms with Crippen LogP contribution in [0.4, 0.5) is 0 Å². The highest BCUT2D eigenvalue weighted by molar-refractivity contribution is 7.47. The Morgan fingerprint density at radius 2 is 1.26 bits per heavy atom. The van der Waals surface area contributed by atoms with Crippen LogP contribution in [0.25, 0.3) is 0 Å². The van der Waals surface area contributed by atoms with E-state index in [-0.39, 0.29) is 38.3 Å². The van der Waals surface area contributed by atoms with Crippen LogP contribution in [0.15, 0.2) is 36.5 Å². The number of aliphatic hydroxyl groups is 1. The smallest absolute Gasteiger partial charge is 0.462 e. The molecule has 0 bridgehead atoms. The molecule has 1 rings (SSSR count). The first kappa shape index (κ1) is 54.2. The number of phosphoric ester groups is 1. The average molecular weight is 843 g/mol. The molecule has 0 spiro atoms. The Morgan fingerprint density at radius 3 is 1.88 bits per heavy atom. The molecule has 0 aromatic heterocycles. The summed E-state index contributed by atoms with van der Waals surface area (Å²) in [6, 6.07) is 0. The first-order valence-electron chi connectivity index (χ1n) is 22.9. The predicted octanol–water partition coefficient (Wildman–Crippen LogP) is 10.9. The maximum atomic E-state index is 12.7. The van der Waals surface area contributed by atoms with Crippen molar-refractivity contribution in [3.8, 4) is 0 Å². The Hall–Kier alpha value is -1.85. The summed E-state index contributed by atoms with van der Waals surface area (Å²) in [7, 11) is 1.38. The lowest BCUT2D eigenvalue weighted by Crippen LogP contribution is -2.37. The van der Waals surface area contributed by atoms with Crippen LogP contribution in [-0.4, -0.2) is 98.3 Å². The van der Waals surface area contributed by atoms with Gasteiger partial charge in [0.05, 0.1) is 40.0 Å². The summed E-state index contributed by atoms with van der Waals surface area (Å²) in [5.74, 6) is -0.934. The molecule has 1 saturated heterocycles. The van der Waals surface area contributed by atoms with Crippen molar-refractivity contribution in [2.75, 3.05) is 47.5 Å². The van der Waals surface area contributed by atoms with Gasteiger partial charge in [-0.1, -0.05) is 153 Å². The van der Waals surface area contributed by atoms with Gasteiger partial charge in [0.1, 0.15) is 25.9 Å². The van der Waals surface area contributed by atoms with Crippen LogP contribution in [0.1, 0.15) is 174 Å². The number of esters is 2. The Bertz CT molecular complexity index is 1170. The van der Waals surface area contributed by atoms with Crippen molar-refractivity contribution in [1.29, 1.82) is 0 Å². The number of epoxide rings is 1. The maximum absolute atomic E-state index is 12.7. The number of nitrogens with zero attached hydrogens (tertiary/aromatic N) is 1. The van der Waals surface area contributed by atoms with Crippen molar-refractivity contribution in [1.82, 2.24) is 0 Å². The molecular weight excluding hydrogens is 757 g/mol. The minimum absolute atomic E-state index is 0.00330. The summed E-state index contributed by atoms with van der Waals surface area (Å²) in [6.07, 6.45) is 36.7. The maximum Gasteiger partial charge on any atom is 0.472 e. The van der Waals surface area contributed by atoms with E-state index >= 15 is 0 Å². The van der Waals surface area contributed by atoms with Crippen LogP contribution >= 0.6 is 7.82 Å². The molecule has 1 aliphatic rings. The van der Waals surface area contributed by atoms with Crippen molar-refractivity contribution in [3.05, 3.63) is 36.5 Å². The minimum Gasteiger partial charge on any atom is -0.462 e. The molecule has 2 N–H and O–H groups in total. The number of rotatable bonds is 40. The highest BCUT2D eigenvalue weighted by Crippen LogP contribution is 2.43. The lowest BCUT2D eigenvalue weighted by Gasteiger charge is -2.24. The topological polar surface area (TPSA) is 141 Å². The van der Waals surface area contributed by atoms with Gasteiger partial charge in [-0.3, -0.25) is 18.6 Å². The van der Waals surface area contributed by atoms with E-state index < -0.39 is 38.6 Å². The Kier molecular flexibility index (Phi) is 32.5. The summed E-state index contributed by atoms with van der Waals surface area (Å²) >= 11 is 0. The Morgan fingerprint density at radius 1 is 0.707 bits per heavy atom. The molecule has 0 aromatic carbocycles. The SMILES string of the molecule is CCCCC/C=C/CC1OC1/C=C\C(O)C/C=C/CCCC(=O)OC(COC(=O)CCCCCCCCCCCCCCCCC)COP(=O)(O)OCC[N+](C)(C)C. The highest BCUT2D eigenvalue weighted by atomic mass is 31.2. The molecule has 0 aromatic rings. The number of carbonyl (C=O) groups is 2. The number of carbonyl (C=O) groups excluding carboxylic acids is 2. The number of aliphatic hydroxyl groups excluding tert-OH is 1. The van der Waals surface area contributed by atoms with Crippen molar-refractivity contribution in [3.63, 3.8) is 0 Å². The van der Waals surface area contributed by atoms with Crippen molar-refractivity contribution in [2.24, 2.45) is 0 Å². The molecule has 11 nitrogen and oxygen atoms in total. The van der Waals surface area contributed by atoms with E-state index in [0.717, 1.165) is 32.1 Å². The third-order valence-electron chi connectivity index (χ3n) is 10.1. The second-order valence-corrected chi connectivity index (χ2v) is 18.5. The number of likely N-dealkylation sites (N-methyl/N-ethyl adjacent to an activating group) is 1. The summed E-state index contributed by atoms with van der Waals surface area (Å²) in [5.41, 5.74) is 0. The fraction of sp³-hybridized carbons (Fsp3) is 0.826. The largest absolute Gasteiger partial charge is 0.472 e. The summed E-state index contributed by atoms with van der Waals surface area (Å²) in [5, 5.41) is 10.3. The van der Waals surface area contributed by atoms with Gasteiger partial charge < -0.3 is 28.7 Å². The zero-order valence-electron chi connectivity index (χ0n) is 37.3. The normalized spacial score (nSPS) is 17.9. The van der Waals surface area contributed by atoms with E-state index in [2.05, 4.69) is 26.0 Å². The van der Waals surface area contributed by atoms with Crippen LogP contribution in [0.3, 0.4) is 0 Å². The van der Waals surface area contributed by atoms with Gasteiger partial charge in [0.2, 0.25) is 0 Å². The molecular formula is C46H85NO10P+. The van der Waals surface area contributed by atoms with Crippen LogP contribution in [0, 0.1) is 0 Å². The van der Waals surface area contributed by atoms with Crippen LogP contribution in [0.5, 0.6) is 0 Å². The van der Waals surface area contributed by atoms with E-state index in [4.69, 9.17) is 23.3 Å². The van der Waals surface area contributed by atoms with Gasteiger partial charge in [-0.05, 0) is 44.9 Å². The molecule has 0 saturated carbocycles. The zero-order valence-corrected chi connectivity index (χ0v) is 38.2.